The number of halogens is 1. The number of carboxylic acids is 1. The highest BCUT2D eigenvalue weighted by Gasteiger charge is 2.14. The third-order valence-corrected chi connectivity index (χ3v) is 1.46. The van der Waals surface area contributed by atoms with Gasteiger partial charge in [0.15, 0.2) is 5.79 Å². The second kappa shape index (κ2) is 6.02. The van der Waals surface area contributed by atoms with Gasteiger partial charge in [0.05, 0.1) is 18.4 Å². The van der Waals surface area contributed by atoms with Crippen LogP contribution in [0.5, 0.6) is 0 Å². The van der Waals surface area contributed by atoms with Gasteiger partial charge in [-0.1, -0.05) is 0 Å². The summed E-state index contributed by atoms with van der Waals surface area (Å²) in [6.45, 7) is 2.31. The van der Waals surface area contributed by atoms with Crippen molar-refractivity contribution < 1.29 is 19.4 Å². The average molecular weight is 230 g/mol. The Bertz CT molecular complexity index is 340. The molecule has 0 aromatic heterocycles. The predicted octanol–water partition coefficient (Wildman–Crippen LogP) is 1.17. The van der Waals surface area contributed by atoms with E-state index in [1.807, 2.05) is 0 Å². The van der Waals surface area contributed by atoms with E-state index in [0.717, 1.165) is 19.4 Å². The highest BCUT2D eigenvalue weighted by molar-refractivity contribution is 6.08. The zero-order valence-corrected chi connectivity index (χ0v) is 9.14. The summed E-state index contributed by atoms with van der Waals surface area (Å²) in [4.78, 5) is 14.3. The smallest absolute Gasteiger partial charge is 0.337 e. The summed E-state index contributed by atoms with van der Waals surface area (Å²) < 4.78 is 12.8. The Balaban J connectivity index is 4.72. The second-order valence-electron chi connectivity index (χ2n) is 3.53. The molecule has 0 aliphatic heterocycles. The predicted molar refractivity (Wildman–Crippen MR) is 59.2 cm³/mol. The Kier molecular flexibility index (Phi) is 5.38. The molecule has 0 amide bonds. The monoisotopic (exact) mass is 230 g/mol. The van der Waals surface area contributed by atoms with E-state index in [2.05, 4.69) is 4.99 Å². The van der Waals surface area contributed by atoms with Crippen LogP contribution in [0.2, 0.25) is 0 Å². The molecule has 0 aliphatic rings. The van der Waals surface area contributed by atoms with Gasteiger partial charge in [0, 0.05) is 6.21 Å². The van der Waals surface area contributed by atoms with Crippen molar-refractivity contribution in [2.24, 2.45) is 10.7 Å². The molecule has 0 aliphatic carbocycles. The summed E-state index contributed by atoms with van der Waals surface area (Å²) in [5.41, 5.74) is 5.21. The van der Waals surface area contributed by atoms with Crippen LogP contribution in [0.3, 0.4) is 0 Å². The normalized spacial score (nSPS) is 17.5. The first kappa shape index (κ1) is 14.3. The molecule has 0 aromatic rings. The third kappa shape index (κ3) is 6.72. The largest absolute Gasteiger partial charge is 0.515 e. The second-order valence-corrected chi connectivity index (χ2v) is 3.53. The summed E-state index contributed by atoms with van der Waals surface area (Å²) in [5.74, 6) is -3.19. The zero-order valence-electron chi connectivity index (χ0n) is 9.14. The van der Waals surface area contributed by atoms with Crippen molar-refractivity contribution in [3.63, 3.8) is 0 Å². The van der Waals surface area contributed by atoms with Gasteiger partial charge in [-0.05, 0) is 25.5 Å². The third-order valence-electron chi connectivity index (χ3n) is 1.46. The molecule has 0 saturated carbocycles. The van der Waals surface area contributed by atoms with Gasteiger partial charge in [0.1, 0.15) is 0 Å². The zero-order chi connectivity index (χ0) is 12.8. The number of allylic oxidation sites excluding steroid dienone is 2. The van der Waals surface area contributed by atoms with E-state index in [1.165, 1.54) is 13.0 Å². The van der Waals surface area contributed by atoms with Crippen molar-refractivity contribution in [3.8, 4) is 0 Å². The van der Waals surface area contributed by atoms with Gasteiger partial charge in [-0.3, -0.25) is 10.7 Å². The van der Waals surface area contributed by atoms with Crippen molar-refractivity contribution in [2.75, 3.05) is 6.54 Å². The first-order chi connectivity index (χ1) is 7.26. The number of nitrogens with zero attached hydrogens (tertiary/aromatic N) is 1. The first-order valence-corrected chi connectivity index (χ1v) is 4.50. The van der Waals surface area contributed by atoms with Gasteiger partial charge in [-0.2, -0.15) is 0 Å². The fourth-order valence-electron chi connectivity index (χ4n) is 0.759. The standard InChI is InChI=1S/C10H15FN2O3/c1-7(5-14)3-8(9(15)16)4-13-6-10(2,11)12/h3-5,14H,6,12H2,1-2H3,(H,15,16)/b7-5+,8-3+,13-4-. The molecule has 0 saturated heterocycles. The Morgan fingerprint density at radius 3 is 2.56 bits per heavy atom. The van der Waals surface area contributed by atoms with Gasteiger partial charge in [-0.25, -0.2) is 9.18 Å². The molecule has 0 heterocycles. The summed E-state index contributed by atoms with van der Waals surface area (Å²) in [6.07, 6.45) is 2.97. The lowest BCUT2D eigenvalue weighted by Crippen LogP contribution is -2.33. The van der Waals surface area contributed by atoms with Gasteiger partial charge in [0.2, 0.25) is 0 Å². The number of carbonyl (C=O) groups is 1. The summed E-state index contributed by atoms with van der Waals surface area (Å²) >= 11 is 0. The number of carboxylic acid groups (broad SMARTS) is 1. The molecule has 0 radical (unpaired) electrons. The van der Waals surface area contributed by atoms with Crippen molar-refractivity contribution in [1.29, 1.82) is 0 Å². The Labute approximate surface area is 92.8 Å². The topological polar surface area (TPSA) is 95.9 Å². The fraction of sp³-hybridized carbons (Fsp3) is 0.400. The minimum Gasteiger partial charge on any atom is -0.515 e. The van der Waals surface area contributed by atoms with Crippen molar-refractivity contribution in [3.05, 3.63) is 23.5 Å². The maximum Gasteiger partial charge on any atom is 0.337 e. The SMILES string of the molecule is CC(=C\O)/C=C(\C=N/CC(C)(N)F)C(=O)O. The molecule has 0 aromatic carbocycles. The maximum atomic E-state index is 12.8. The minimum absolute atomic E-state index is 0.160. The van der Waals surface area contributed by atoms with Crippen molar-refractivity contribution in [2.45, 2.75) is 19.6 Å². The molecule has 16 heavy (non-hydrogen) atoms. The molecule has 6 heteroatoms. The number of rotatable bonds is 5. The average Bonchev–Trinajstić information content (AvgIpc) is 2.13. The Morgan fingerprint density at radius 1 is 1.62 bits per heavy atom. The molecule has 0 fully saturated rings. The van der Waals surface area contributed by atoms with Gasteiger partial charge >= 0.3 is 5.97 Å². The molecule has 0 bridgehead atoms. The molecule has 90 valence electrons. The van der Waals surface area contributed by atoms with E-state index in [0.29, 0.717) is 5.57 Å². The van der Waals surface area contributed by atoms with E-state index >= 15 is 0 Å². The fourth-order valence-corrected chi connectivity index (χ4v) is 0.759. The molecular formula is C10H15FN2O3. The van der Waals surface area contributed by atoms with E-state index < -0.39 is 11.8 Å². The lowest BCUT2D eigenvalue weighted by atomic mass is 10.2. The van der Waals surface area contributed by atoms with Crippen molar-refractivity contribution >= 4 is 12.2 Å². The van der Waals surface area contributed by atoms with Crippen LogP contribution < -0.4 is 5.73 Å². The lowest BCUT2D eigenvalue weighted by molar-refractivity contribution is -0.132. The summed E-state index contributed by atoms with van der Waals surface area (Å²) in [6, 6.07) is 0. The van der Waals surface area contributed by atoms with E-state index in [-0.39, 0.29) is 12.1 Å². The van der Waals surface area contributed by atoms with Crippen LogP contribution in [-0.4, -0.2) is 34.7 Å². The van der Waals surface area contributed by atoms with Gasteiger partial charge in [-0.15, -0.1) is 0 Å². The van der Waals surface area contributed by atoms with Gasteiger partial charge < -0.3 is 10.2 Å². The van der Waals surface area contributed by atoms with Crippen LogP contribution >= 0.6 is 0 Å². The maximum absolute atomic E-state index is 12.8. The highest BCUT2D eigenvalue weighted by Crippen LogP contribution is 2.03. The van der Waals surface area contributed by atoms with Crippen LogP contribution in [0, 0.1) is 0 Å². The Hall–Kier alpha value is -1.69. The number of aliphatic hydroxyl groups is 1. The molecule has 5 nitrogen and oxygen atoms in total. The van der Waals surface area contributed by atoms with Crippen LogP contribution in [-0.2, 0) is 4.79 Å². The number of hydrogen-bond donors (Lipinski definition) is 3. The van der Waals surface area contributed by atoms with E-state index in [1.54, 1.807) is 0 Å². The Morgan fingerprint density at radius 2 is 2.19 bits per heavy atom. The van der Waals surface area contributed by atoms with Crippen molar-refractivity contribution in [1.82, 2.24) is 0 Å². The number of aliphatic imine (C=N–C) groups is 1. The van der Waals surface area contributed by atoms with Crippen LogP contribution in [0.4, 0.5) is 4.39 Å². The molecular weight excluding hydrogens is 215 g/mol. The van der Waals surface area contributed by atoms with Crippen LogP contribution in [0.1, 0.15) is 13.8 Å². The summed E-state index contributed by atoms with van der Waals surface area (Å²) in [7, 11) is 0. The molecule has 4 N–H and O–H groups in total. The van der Waals surface area contributed by atoms with E-state index in [4.69, 9.17) is 15.9 Å². The first-order valence-electron chi connectivity index (χ1n) is 4.50. The van der Waals surface area contributed by atoms with Crippen LogP contribution in [0.15, 0.2) is 28.5 Å². The summed E-state index contributed by atoms with van der Waals surface area (Å²) in [5, 5.41) is 17.3. The lowest BCUT2D eigenvalue weighted by Gasteiger charge is -2.09. The number of alkyl halides is 1. The van der Waals surface area contributed by atoms with Crippen LogP contribution in [0.25, 0.3) is 0 Å². The highest BCUT2D eigenvalue weighted by atomic mass is 19.1. The quantitative estimate of drug-likeness (QED) is 0.217. The van der Waals surface area contributed by atoms with E-state index in [9.17, 15) is 9.18 Å². The molecule has 1 atom stereocenters. The molecule has 0 rings (SSSR count). The number of nitrogens with two attached hydrogens (primary N) is 1. The molecule has 0 spiro atoms. The van der Waals surface area contributed by atoms with Gasteiger partial charge in [0.25, 0.3) is 0 Å². The minimum atomic E-state index is -1.97. The molecule has 1 unspecified atom stereocenters. The number of aliphatic hydroxyl groups excluding tert-OH is 1. The number of aliphatic carboxylic acids is 1. The number of hydrogen-bond acceptors (Lipinski definition) is 4.